The Morgan fingerprint density at radius 2 is 1.76 bits per heavy atom. The summed E-state index contributed by atoms with van der Waals surface area (Å²) in [5.41, 5.74) is 2.48. The van der Waals surface area contributed by atoms with Gasteiger partial charge in [-0.3, -0.25) is 4.79 Å². The van der Waals surface area contributed by atoms with Gasteiger partial charge in [-0.05, 0) is 55.2 Å². The molecule has 2 aromatic rings. The van der Waals surface area contributed by atoms with Crippen LogP contribution in [0.5, 0.6) is 0 Å². The smallest absolute Gasteiger partial charge is 0.243 e. The molecule has 1 amide bonds. The third-order valence-corrected chi connectivity index (χ3v) is 7.15. The van der Waals surface area contributed by atoms with E-state index in [2.05, 4.69) is 10.6 Å². The molecule has 1 aliphatic rings. The highest BCUT2D eigenvalue weighted by Gasteiger charge is 2.26. The Bertz CT molecular complexity index is 956. The average molecular weight is 436 g/mol. The van der Waals surface area contributed by atoms with Gasteiger partial charge in [-0.15, -0.1) is 0 Å². The SMILES string of the molecule is Cc1ccc(S(=O)(=O)N2CCCCC2)cc1NCC(=O)NCc1ccc(Cl)cc1. The fourth-order valence-electron chi connectivity index (χ4n) is 3.25. The van der Waals surface area contributed by atoms with E-state index in [1.54, 1.807) is 34.6 Å². The number of aryl methyl sites for hydroxylation is 1. The van der Waals surface area contributed by atoms with E-state index in [0.717, 1.165) is 30.4 Å². The number of nitrogens with zero attached hydrogens (tertiary/aromatic N) is 1. The zero-order chi connectivity index (χ0) is 20.9. The largest absolute Gasteiger partial charge is 0.376 e. The number of rotatable bonds is 7. The number of amides is 1. The van der Waals surface area contributed by atoms with Gasteiger partial charge in [-0.1, -0.05) is 36.2 Å². The second kappa shape index (κ2) is 9.61. The molecule has 2 N–H and O–H groups in total. The molecule has 3 rings (SSSR count). The summed E-state index contributed by atoms with van der Waals surface area (Å²) in [5.74, 6) is -0.177. The number of hydrogen-bond acceptors (Lipinski definition) is 4. The molecule has 0 radical (unpaired) electrons. The number of sulfonamides is 1. The normalized spacial score (nSPS) is 15.1. The molecule has 29 heavy (non-hydrogen) atoms. The molecule has 0 aromatic heterocycles. The van der Waals surface area contributed by atoms with Gasteiger partial charge in [-0.2, -0.15) is 4.31 Å². The van der Waals surface area contributed by atoms with Gasteiger partial charge in [0.05, 0.1) is 11.4 Å². The van der Waals surface area contributed by atoms with Gasteiger partial charge in [-0.25, -0.2) is 8.42 Å². The summed E-state index contributed by atoms with van der Waals surface area (Å²) in [4.78, 5) is 12.4. The van der Waals surface area contributed by atoms with Crippen LogP contribution < -0.4 is 10.6 Å². The van der Waals surface area contributed by atoms with E-state index in [4.69, 9.17) is 11.6 Å². The van der Waals surface area contributed by atoms with Crippen molar-refractivity contribution in [2.24, 2.45) is 0 Å². The lowest BCUT2D eigenvalue weighted by Gasteiger charge is -2.26. The summed E-state index contributed by atoms with van der Waals surface area (Å²) in [6.45, 7) is 3.46. The number of carbonyl (C=O) groups is 1. The van der Waals surface area contributed by atoms with Crippen LogP contribution in [-0.4, -0.2) is 38.3 Å². The van der Waals surface area contributed by atoms with Gasteiger partial charge in [0.25, 0.3) is 0 Å². The van der Waals surface area contributed by atoms with E-state index in [-0.39, 0.29) is 17.3 Å². The van der Waals surface area contributed by atoms with Crippen molar-refractivity contribution in [2.75, 3.05) is 25.0 Å². The molecule has 6 nitrogen and oxygen atoms in total. The predicted octanol–water partition coefficient (Wildman–Crippen LogP) is 3.55. The first kappa shape index (κ1) is 21.6. The van der Waals surface area contributed by atoms with Crippen molar-refractivity contribution < 1.29 is 13.2 Å². The maximum Gasteiger partial charge on any atom is 0.243 e. The molecule has 1 saturated heterocycles. The highest BCUT2D eigenvalue weighted by atomic mass is 35.5. The van der Waals surface area contributed by atoms with Gasteiger partial charge in [0.15, 0.2) is 0 Å². The zero-order valence-corrected chi connectivity index (χ0v) is 18.0. The van der Waals surface area contributed by atoms with E-state index < -0.39 is 10.0 Å². The lowest BCUT2D eigenvalue weighted by atomic mass is 10.2. The summed E-state index contributed by atoms with van der Waals surface area (Å²) in [5, 5.41) is 6.54. The van der Waals surface area contributed by atoms with Gasteiger partial charge in [0.1, 0.15) is 0 Å². The first-order chi connectivity index (χ1) is 13.9. The van der Waals surface area contributed by atoms with Crippen LogP contribution in [0, 0.1) is 6.92 Å². The predicted molar refractivity (Wildman–Crippen MR) is 116 cm³/mol. The molecule has 0 spiro atoms. The fraction of sp³-hybridized carbons (Fsp3) is 0.381. The zero-order valence-electron chi connectivity index (χ0n) is 16.4. The van der Waals surface area contributed by atoms with Crippen molar-refractivity contribution in [3.8, 4) is 0 Å². The van der Waals surface area contributed by atoms with E-state index in [1.165, 1.54) is 0 Å². The van der Waals surface area contributed by atoms with Crippen LogP contribution in [0.25, 0.3) is 0 Å². The van der Waals surface area contributed by atoms with Gasteiger partial charge < -0.3 is 10.6 Å². The molecule has 0 unspecified atom stereocenters. The van der Waals surface area contributed by atoms with E-state index in [0.29, 0.717) is 30.3 Å². The first-order valence-electron chi connectivity index (χ1n) is 9.72. The Labute approximate surface area is 177 Å². The van der Waals surface area contributed by atoms with E-state index >= 15 is 0 Å². The minimum atomic E-state index is -3.51. The molecule has 0 aliphatic carbocycles. The van der Waals surface area contributed by atoms with Crippen LogP contribution in [0.3, 0.4) is 0 Å². The highest BCUT2D eigenvalue weighted by molar-refractivity contribution is 7.89. The Morgan fingerprint density at radius 1 is 1.07 bits per heavy atom. The standard InChI is InChI=1S/C21H26ClN3O3S/c1-16-5-10-19(29(27,28)25-11-3-2-4-12-25)13-20(16)23-15-21(26)24-14-17-6-8-18(22)9-7-17/h5-10,13,23H,2-4,11-12,14-15H2,1H3,(H,24,26). The third kappa shape index (κ3) is 5.72. The minimum absolute atomic E-state index is 0.0572. The van der Waals surface area contributed by atoms with Crippen LogP contribution in [0.2, 0.25) is 5.02 Å². The molecule has 2 aromatic carbocycles. The summed E-state index contributed by atoms with van der Waals surface area (Å²) < 4.78 is 27.3. The topological polar surface area (TPSA) is 78.5 Å². The van der Waals surface area contributed by atoms with Crippen LogP contribution in [-0.2, 0) is 21.4 Å². The van der Waals surface area contributed by atoms with Crippen LogP contribution in [0.15, 0.2) is 47.4 Å². The molecule has 1 heterocycles. The van der Waals surface area contributed by atoms with Crippen molar-refractivity contribution in [1.82, 2.24) is 9.62 Å². The fourth-order valence-corrected chi connectivity index (χ4v) is 4.92. The van der Waals surface area contributed by atoms with Gasteiger partial charge in [0.2, 0.25) is 15.9 Å². The summed E-state index contributed by atoms with van der Waals surface area (Å²) in [7, 11) is -3.51. The first-order valence-corrected chi connectivity index (χ1v) is 11.5. The second-order valence-electron chi connectivity index (χ2n) is 7.20. The molecular weight excluding hydrogens is 410 g/mol. The van der Waals surface area contributed by atoms with Crippen molar-refractivity contribution >= 4 is 33.2 Å². The Morgan fingerprint density at radius 3 is 2.45 bits per heavy atom. The van der Waals surface area contributed by atoms with Gasteiger partial charge >= 0.3 is 0 Å². The summed E-state index contributed by atoms with van der Waals surface area (Å²) >= 11 is 5.86. The Kier molecular flexibility index (Phi) is 7.16. The average Bonchev–Trinajstić information content (AvgIpc) is 2.73. The van der Waals surface area contributed by atoms with Crippen molar-refractivity contribution in [2.45, 2.75) is 37.6 Å². The molecule has 8 heteroatoms. The number of carbonyl (C=O) groups excluding carboxylic acids is 1. The highest BCUT2D eigenvalue weighted by Crippen LogP contribution is 2.25. The summed E-state index contributed by atoms with van der Waals surface area (Å²) in [6, 6.07) is 12.3. The molecule has 0 saturated carbocycles. The molecule has 0 atom stereocenters. The van der Waals surface area contributed by atoms with Crippen LogP contribution >= 0.6 is 11.6 Å². The number of halogens is 1. The van der Waals surface area contributed by atoms with Gasteiger partial charge in [0, 0.05) is 30.3 Å². The van der Waals surface area contributed by atoms with Crippen LogP contribution in [0.4, 0.5) is 5.69 Å². The monoisotopic (exact) mass is 435 g/mol. The molecule has 0 bridgehead atoms. The maximum absolute atomic E-state index is 12.9. The van der Waals surface area contributed by atoms with Crippen molar-refractivity contribution in [3.05, 3.63) is 58.6 Å². The number of benzene rings is 2. The Hall–Kier alpha value is -2.09. The van der Waals surface area contributed by atoms with E-state index in [9.17, 15) is 13.2 Å². The lowest BCUT2D eigenvalue weighted by Crippen LogP contribution is -2.35. The maximum atomic E-state index is 12.9. The minimum Gasteiger partial charge on any atom is -0.376 e. The number of anilines is 1. The lowest BCUT2D eigenvalue weighted by molar-refractivity contribution is -0.119. The molecule has 156 valence electrons. The second-order valence-corrected chi connectivity index (χ2v) is 9.57. The third-order valence-electron chi connectivity index (χ3n) is 5.00. The molecule has 1 fully saturated rings. The van der Waals surface area contributed by atoms with Crippen molar-refractivity contribution in [3.63, 3.8) is 0 Å². The summed E-state index contributed by atoms with van der Waals surface area (Å²) in [6.07, 6.45) is 2.85. The quantitative estimate of drug-likeness (QED) is 0.697. The number of nitrogens with one attached hydrogen (secondary N) is 2. The Balaban J connectivity index is 1.61. The van der Waals surface area contributed by atoms with Crippen molar-refractivity contribution in [1.29, 1.82) is 0 Å². The molecular formula is C21H26ClN3O3S. The van der Waals surface area contributed by atoms with Crippen LogP contribution in [0.1, 0.15) is 30.4 Å². The molecule has 1 aliphatic heterocycles. The number of piperidine rings is 1. The van der Waals surface area contributed by atoms with E-state index in [1.807, 2.05) is 19.1 Å². The number of hydrogen-bond donors (Lipinski definition) is 2.